The molecule has 6 heteroatoms. The molecule has 2 fully saturated rings. The molecule has 4 unspecified atom stereocenters. The quantitative estimate of drug-likeness (QED) is 0.815. The van der Waals surface area contributed by atoms with Gasteiger partial charge in [0.25, 0.3) is 5.91 Å². The number of rotatable bonds is 3. The second-order valence-corrected chi connectivity index (χ2v) is 5.23. The molecule has 6 nitrogen and oxygen atoms in total. The van der Waals surface area contributed by atoms with Crippen LogP contribution in [0.3, 0.4) is 0 Å². The zero-order valence-electron chi connectivity index (χ0n) is 11.4. The highest BCUT2D eigenvalue weighted by Gasteiger charge is 2.39. The molecule has 19 heavy (non-hydrogen) atoms. The van der Waals surface area contributed by atoms with Gasteiger partial charge in [0.1, 0.15) is 6.10 Å². The summed E-state index contributed by atoms with van der Waals surface area (Å²) >= 11 is 0. The number of carbonyl (C=O) groups is 2. The van der Waals surface area contributed by atoms with Crippen LogP contribution in [-0.4, -0.2) is 59.4 Å². The average molecular weight is 271 g/mol. The number of ether oxygens (including phenoxy) is 2. The molecule has 1 N–H and O–H groups in total. The summed E-state index contributed by atoms with van der Waals surface area (Å²) in [5.41, 5.74) is 0. The lowest BCUT2D eigenvalue weighted by atomic mass is 10.1. The topological polar surface area (TPSA) is 76.1 Å². The summed E-state index contributed by atoms with van der Waals surface area (Å²) in [6.45, 7) is 5.04. The lowest BCUT2D eigenvalue weighted by Crippen LogP contribution is -2.54. The first kappa shape index (κ1) is 14.3. The minimum absolute atomic E-state index is 0.0171. The van der Waals surface area contributed by atoms with Gasteiger partial charge in [0.05, 0.1) is 18.8 Å². The SMILES string of the molecule is CCC1COC(C)CN1C(=O)C1CCC(C(=O)O)O1. The van der Waals surface area contributed by atoms with Gasteiger partial charge < -0.3 is 19.5 Å². The molecule has 1 amide bonds. The van der Waals surface area contributed by atoms with Crippen LogP contribution in [0.5, 0.6) is 0 Å². The van der Waals surface area contributed by atoms with Crippen molar-refractivity contribution in [3.05, 3.63) is 0 Å². The van der Waals surface area contributed by atoms with E-state index in [-0.39, 0.29) is 18.1 Å². The monoisotopic (exact) mass is 271 g/mol. The fourth-order valence-electron chi connectivity index (χ4n) is 2.64. The lowest BCUT2D eigenvalue weighted by Gasteiger charge is -2.39. The van der Waals surface area contributed by atoms with Gasteiger partial charge in [-0.25, -0.2) is 4.79 Å². The molecule has 0 aliphatic carbocycles. The zero-order chi connectivity index (χ0) is 14.0. The van der Waals surface area contributed by atoms with Crippen LogP contribution >= 0.6 is 0 Å². The highest BCUT2D eigenvalue weighted by Crippen LogP contribution is 2.24. The number of morpholine rings is 1. The first-order valence-corrected chi connectivity index (χ1v) is 6.83. The van der Waals surface area contributed by atoms with Gasteiger partial charge >= 0.3 is 5.97 Å². The van der Waals surface area contributed by atoms with Crippen molar-refractivity contribution < 1.29 is 24.2 Å². The third kappa shape index (κ3) is 3.06. The molecule has 0 aromatic rings. The van der Waals surface area contributed by atoms with E-state index in [0.717, 1.165) is 6.42 Å². The van der Waals surface area contributed by atoms with Crippen LogP contribution in [0.25, 0.3) is 0 Å². The third-order valence-electron chi connectivity index (χ3n) is 3.79. The van der Waals surface area contributed by atoms with E-state index in [0.29, 0.717) is 26.0 Å². The lowest BCUT2D eigenvalue weighted by molar-refractivity contribution is -0.161. The van der Waals surface area contributed by atoms with Crippen molar-refractivity contribution in [3.63, 3.8) is 0 Å². The van der Waals surface area contributed by atoms with Gasteiger partial charge in [-0.15, -0.1) is 0 Å². The summed E-state index contributed by atoms with van der Waals surface area (Å²) in [5.74, 6) is -1.08. The largest absolute Gasteiger partial charge is 0.479 e. The summed E-state index contributed by atoms with van der Waals surface area (Å²) in [6, 6.07) is 0.0659. The van der Waals surface area contributed by atoms with Crippen LogP contribution in [0.15, 0.2) is 0 Å². The highest BCUT2D eigenvalue weighted by atomic mass is 16.5. The molecule has 2 heterocycles. The van der Waals surface area contributed by atoms with Gasteiger partial charge in [-0.3, -0.25) is 4.79 Å². The first-order chi connectivity index (χ1) is 9.02. The number of carboxylic acids is 1. The maximum absolute atomic E-state index is 12.4. The zero-order valence-corrected chi connectivity index (χ0v) is 11.4. The van der Waals surface area contributed by atoms with Crippen LogP contribution in [0.1, 0.15) is 33.1 Å². The molecule has 2 rings (SSSR count). The van der Waals surface area contributed by atoms with Crippen molar-refractivity contribution >= 4 is 11.9 Å². The number of amides is 1. The summed E-state index contributed by atoms with van der Waals surface area (Å²) in [7, 11) is 0. The van der Waals surface area contributed by atoms with E-state index < -0.39 is 18.2 Å². The highest BCUT2D eigenvalue weighted by molar-refractivity contribution is 5.83. The molecule has 108 valence electrons. The Balaban J connectivity index is 2.00. The van der Waals surface area contributed by atoms with Crippen LogP contribution < -0.4 is 0 Å². The Morgan fingerprint density at radius 3 is 2.58 bits per heavy atom. The van der Waals surface area contributed by atoms with E-state index in [2.05, 4.69) is 0 Å². The Kier molecular flexibility index (Phi) is 4.42. The van der Waals surface area contributed by atoms with Crippen molar-refractivity contribution in [3.8, 4) is 0 Å². The molecular weight excluding hydrogens is 250 g/mol. The Labute approximate surface area is 112 Å². The van der Waals surface area contributed by atoms with Gasteiger partial charge in [0, 0.05) is 6.54 Å². The van der Waals surface area contributed by atoms with E-state index >= 15 is 0 Å². The van der Waals surface area contributed by atoms with E-state index in [4.69, 9.17) is 14.6 Å². The molecule has 0 radical (unpaired) electrons. The Bertz CT molecular complexity index is 359. The number of hydrogen-bond acceptors (Lipinski definition) is 4. The molecule has 0 aromatic heterocycles. The smallest absolute Gasteiger partial charge is 0.332 e. The predicted octanol–water partition coefficient (Wildman–Crippen LogP) is 0.644. The van der Waals surface area contributed by atoms with E-state index in [1.54, 1.807) is 4.90 Å². The maximum atomic E-state index is 12.4. The minimum atomic E-state index is -0.988. The van der Waals surface area contributed by atoms with Crippen molar-refractivity contribution in [1.29, 1.82) is 0 Å². The summed E-state index contributed by atoms with van der Waals surface area (Å²) < 4.78 is 10.9. The van der Waals surface area contributed by atoms with Crippen molar-refractivity contribution in [2.45, 2.75) is 57.5 Å². The van der Waals surface area contributed by atoms with Gasteiger partial charge in [0.2, 0.25) is 0 Å². The van der Waals surface area contributed by atoms with Crippen LogP contribution in [0.2, 0.25) is 0 Å². The summed E-state index contributed by atoms with van der Waals surface area (Å²) in [6.07, 6.45) is 0.282. The number of carboxylic acid groups (broad SMARTS) is 1. The summed E-state index contributed by atoms with van der Waals surface area (Å²) in [5, 5.41) is 8.89. The number of carbonyl (C=O) groups excluding carboxylic acids is 1. The maximum Gasteiger partial charge on any atom is 0.332 e. The van der Waals surface area contributed by atoms with Crippen molar-refractivity contribution in [2.24, 2.45) is 0 Å². The Hall–Kier alpha value is -1.14. The Morgan fingerprint density at radius 2 is 2.00 bits per heavy atom. The third-order valence-corrected chi connectivity index (χ3v) is 3.79. The van der Waals surface area contributed by atoms with Crippen LogP contribution in [0, 0.1) is 0 Å². The van der Waals surface area contributed by atoms with Gasteiger partial charge in [-0.1, -0.05) is 6.92 Å². The number of aliphatic carboxylic acids is 1. The van der Waals surface area contributed by atoms with Gasteiger partial charge in [0.15, 0.2) is 6.10 Å². The standard InChI is InChI=1S/C13H21NO5/c1-3-9-7-18-8(2)6-14(9)12(15)10-4-5-11(19-10)13(16)17/h8-11H,3-7H2,1-2H3,(H,16,17). The van der Waals surface area contributed by atoms with Crippen LogP contribution in [0.4, 0.5) is 0 Å². The van der Waals surface area contributed by atoms with Gasteiger partial charge in [-0.2, -0.15) is 0 Å². The molecule has 4 atom stereocenters. The van der Waals surface area contributed by atoms with Crippen molar-refractivity contribution in [2.75, 3.05) is 13.2 Å². The molecule has 0 saturated carbocycles. The molecule has 0 spiro atoms. The molecule has 2 aliphatic rings. The minimum Gasteiger partial charge on any atom is -0.479 e. The number of hydrogen-bond donors (Lipinski definition) is 1. The number of nitrogens with zero attached hydrogens (tertiary/aromatic N) is 1. The normalized spacial score (nSPS) is 35.4. The first-order valence-electron chi connectivity index (χ1n) is 6.83. The van der Waals surface area contributed by atoms with E-state index in [1.165, 1.54) is 0 Å². The molecule has 0 bridgehead atoms. The second-order valence-electron chi connectivity index (χ2n) is 5.23. The fraction of sp³-hybridized carbons (Fsp3) is 0.846. The fourth-order valence-corrected chi connectivity index (χ4v) is 2.64. The van der Waals surface area contributed by atoms with Crippen LogP contribution in [-0.2, 0) is 19.1 Å². The molecule has 0 aromatic carbocycles. The molecule has 2 aliphatic heterocycles. The predicted molar refractivity (Wildman–Crippen MR) is 66.7 cm³/mol. The average Bonchev–Trinajstić information content (AvgIpc) is 2.87. The Morgan fingerprint density at radius 1 is 1.32 bits per heavy atom. The van der Waals surface area contributed by atoms with Crippen molar-refractivity contribution in [1.82, 2.24) is 4.90 Å². The van der Waals surface area contributed by atoms with E-state index in [1.807, 2.05) is 13.8 Å². The van der Waals surface area contributed by atoms with E-state index in [9.17, 15) is 9.59 Å². The molecular formula is C13H21NO5. The second kappa shape index (κ2) is 5.88. The summed E-state index contributed by atoms with van der Waals surface area (Å²) in [4.78, 5) is 25.1. The molecule has 2 saturated heterocycles. The van der Waals surface area contributed by atoms with Gasteiger partial charge in [-0.05, 0) is 26.2 Å².